The van der Waals surface area contributed by atoms with Crippen LogP contribution in [0.1, 0.15) is 5.56 Å². The van der Waals surface area contributed by atoms with E-state index in [1.807, 2.05) is 36.4 Å². The number of anilines is 1. The quantitative estimate of drug-likeness (QED) is 0.742. The van der Waals surface area contributed by atoms with Gasteiger partial charge in [0.25, 0.3) is 0 Å². The lowest BCUT2D eigenvalue weighted by atomic mass is 10.2. The Labute approximate surface area is 138 Å². The number of carbonyl (C=O) groups excluding carboxylic acids is 1. The largest absolute Gasteiger partial charge is 0.324 e. The van der Waals surface area contributed by atoms with Crippen LogP contribution < -0.4 is 5.32 Å². The topological polar surface area (TPSA) is 65.8 Å². The van der Waals surface area contributed by atoms with Crippen molar-refractivity contribution in [1.29, 1.82) is 5.26 Å². The number of aromatic nitrogens is 1. The number of hydrogen-bond acceptors (Lipinski definition) is 4. The average molecular weight is 319 g/mol. The molecule has 0 saturated carbocycles. The van der Waals surface area contributed by atoms with Gasteiger partial charge in [-0.1, -0.05) is 48.2 Å². The molecule has 3 aromatic rings. The molecule has 3 rings (SSSR count). The number of para-hydroxylation sites is 2. The fourth-order valence-corrected chi connectivity index (χ4v) is 2.82. The lowest BCUT2D eigenvalue weighted by Crippen LogP contribution is -2.14. The number of nitrogens with zero attached hydrogens (tertiary/aromatic N) is 2. The van der Waals surface area contributed by atoms with Crippen LogP contribution in [-0.4, -0.2) is 16.6 Å². The molecule has 0 atom stereocenters. The van der Waals surface area contributed by atoms with E-state index >= 15 is 0 Å². The molecular weight excluding hydrogens is 306 g/mol. The van der Waals surface area contributed by atoms with Crippen LogP contribution in [0.2, 0.25) is 0 Å². The molecule has 0 bridgehead atoms. The highest BCUT2D eigenvalue weighted by Gasteiger charge is 2.08. The van der Waals surface area contributed by atoms with E-state index in [4.69, 9.17) is 5.26 Å². The maximum atomic E-state index is 12.0. The molecule has 5 heteroatoms. The first-order valence-electron chi connectivity index (χ1n) is 7.04. The molecule has 0 fully saturated rings. The van der Waals surface area contributed by atoms with Crippen LogP contribution in [0.4, 0.5) is 5.69 Å². The van der Waals surface area contributed by atoms with Gasteiger partial charge in [-0.15, -0.1) is 0 Å². The number of carbonyl (C=O) groups is 1. The summed E-state index contributed by atoms with van der Waals surface area (Å²) in [6.45, 7) is 0. The van der Waals surface area contributed by atoms with Crippen molar-refractivity contribution in [1.82, 2.24) is 4.98 Å². The number of thioether (sulfide) groups is 1. The van der Waals surface area contributed by atoms with Gasteiger partial charge in [-0.05, 0) is 24.3 Å². The fraction of sp³-hybridized carbons (Fsp3) is 0.0556. The van der Waals surface area contributed by atoms with Crippen molar-refractivity contribution in [2.45, 2.75) is 5.03 Å². The summed E-state index contributed by atoms with van der Waals surface area (Å²) in [6, 6.07) is 20.8. The average Bonchev–Trinajstić information content (AvgIpc) is 2.60. The minimum atomic E-state index is -0.160. The molecule has 0 spiro atoms. The summed E-state index contributed by atoms with van der Waals surface area (Å²) in [5.41, 5.74) is 1.90. The molecule has 0 aliphatic carbocycles. The Bertz CT molecular complexity index is 902. The number of pyridine rings is 1. The number of amides is 1. The Balaban J connectivity index is 1.65. The standard InChI is InChI=1S/C18H13N3OS/c19-11-14-6-2-4-8-16(14)20-17(22)12-23-18-10-9-13-5-1-3-7-15(13)21-18/h1-10H,12H2,(H,20,22). The number of nitrogens with one attached hydrogen (secondary N) is 1. The summed E-state index contributed by atoms with van der Waals surface area (Å²) >= 11 is 1.37. The van der Waals surface area contributed by atoms with Crippen molar-refractivity contribution in [3.05, 3.63) is 66.2 Å². The normalized spacial score (nSPS) is 10.2. The van der Waals surface area contributed by atoms with Crippen LogP contribution in [0.5, 0.6) is 0 Å². The van der Waals surface area contributed by atoms with Gasteiger partial charge in [-0.3, -0.25) is 4.79 Å². The van der Waals surface area contributed by atoms with Crippen molar-refractivity contribution in [3.63, 3.8) is 0 Å². The Morgan fingerprint density at radius 3 is 2.74 bits per heavy atom. The van der Waals surface area contributed by atoms with Crippen LogP contribution in [0.3, 0.4) is 0 Å². The molecule has 1 aromatic heterocycles. The predicted molar refractivity (Wildman–Crippen MR) is 92.3 cm³/mol. The van der Waals surface area contributed by atoms with Crippen molar-refractivity contribution >= 4 is 34.3 Å². The summed E-state index contributed by atoms with van der Waals surface area (Å²) < 4.78 is 0. The van der Waals surface area contributed by atoms with Crippen molar-refractivity contribution < 1.29 is 4.79 Å². The van der Waals surface area contributed by atoms with Crippen molar-refractivity contribution in [3.8, 4) is 6.07 Å². The molecule has 1 N–H and O–H groups in total. The molecule has 0 aliphatic heterocycles. The van der Waals surface area contributed by atoms with E-state index in [1.165, 1.54) is 11.8 Å². The maximum absolute atomic E-state index is 12.0. The summed E-state index contributed by atoms with van der Waals surface area (Å²) in [6.07, 6.45) is 0. The second-order valence-electron chi connectivity index (χ2n) is 4.84. The van der Waals surface area contributed by atoms with E-state index in [-0.39, 0.29) is 11.7 Å². The number of hydrogen-bond donors (Lipinski definition) is 1. The van der Waals surface area contributed by atoms with E-state index < -0.39 is 0 Å². The number of nitriles is 1. The van der Waals surface area contributed by atoms with Crippen molar-refractivity contribution in [2.24, 2.45) is 0 Å². The number of rotatable bonds is 4. The molecule has 112 valence electrons. The SMILES string of the molecule is N#Cc1ccccc1NC(=O)CSc1ccc2ccccc2n1. The second-order valence-corrected chi connectivity index (χ2v) is 5.83. The molecule has 2 aromatic carbocycles. The van der Waals surface area contributed by atoms with E-state index in [0.717, 1.165) is 15.9 Å². The van der Waals surface area contributed by atoms with Crippen LogP contribution in [0, 0.1) is 11.3 Å². The third-order valence-electron chi connectivity index (χ3n) is 3.25. The van der Waals surface area contributed by atoms with Crippen molar-refractivity contribution in [2.75, 3.05) is 11.1 Å². The molecule has 1 heterocycles. The van der Waals surface area contributed by atoms with Gasteiger partial charge in [-0.25, -0.2) is 4.98 Å². The van der Waals surface area contributed by atoms with E-state index in [9.17, 15) is 4.79 Å². The molecule has 23 heavy (non-hydrogen) atoms. The van der Waals surface area contributed by atoms with Crippen LogP contribution in [-0.2, 0) is 4.79 Å². The van der Waals surface area contributed by atoms with E-state index in [2.05, 4.69) is 16.4 Å². The number of benzene rings is 2. The van der Waals surface area contributed by atoms with E-state index in [1.54, 1.807) is 24.3 Å². The zero-order valence-electron chi connectivity index (χ0n) is 12.2. The first-order chi connectivity index (χ1) is 11.3. The minimum absolute atomic E-state index is 0.160. The first kappa shape index (κ1) is 15.1. The highest BCUT2D eigenvalue weighted by molar-refractivity contribution is 7.99. The van der Waals surface area contributed by atoms with Gasteiger partial charge in [-0.2, -0.15) is 5.26 Å². The molecule has 0 aliphatic rings. The minimum Gasteiger partial charge on any atom is -0.324 e. The lowest BCUT2D eigenvalue weighted by molar-refractivity contribution is -0.113. The smallest absolute Gasteiger partial charge is 0.234 e. The van der Waals surface area contributed by atoms with Gasteiger partial charge in [0, 0.05) is 5.39 Å². The predicted octanol–water partition coefficient (Wildman–Crippen LogP) is 3.84. The van der Waals surface area contributed by atoms with Gasteiger partial charge in [0.15, 0.2) is 0 Å². The van der Waals surface area contributed by atoms with Crippen LogP contribution >= 0.6 is 11.8 Å². The molecule has 0 saturated heterocycles. The zero-order valence-corrected chi connectivity index (χ0v) is 13.0. The Morgan fingerprint density at radius 2 is 1.87 bits per heavy atom. The van der Waals surface area contributed by atoms with Gasteiger partial charge < -0.3 is 5.32 Å². The highest BCUT2D eigenvalue weighted by atomic mass is 32.2. The van der Waals surface area contributed by atoms with Gasteiger partial charge in [0.05, 0.1) is 27.5 Å². The van der Waals surface area contributed by atoms with Gasteiger partial charge in [0.1, 0.15) is 6.07 Å². The summed E-state index contributed by atoms with van der Waals surface area (Å²) in [5.74, 6) is 0.0816. The van der Waals surface area contributed by atoms with Gasteiger partial charge >= 0.3 is 0 Å². The molecule has 4 nitrogen and oxygen atoms in total. The van der Waals surface area contributed by atoms with E-state index in [0.29, 0.717) is 11.3 Å². The third kappa shape index (κ3) is 3.68. The summed E-state index contributed by atoms with van der Waals surface area (Å²) in [7, 11) is 0. The Morgan fingerprint density at radius 1 is 1.09 bits per heavy atom. The highest BCUT2D eigenvalue weighted by Crippen LogP contribution is 2.20. The van der Waals surface area contributed by atoms with Gasteiger partial charge in [0.2, 0.25) is 5.91 Å². The maximum Gasteiger partial charge on any atom is 0.234 e. The third-order valence-corrected chi connectivity index (χ3v) is 4.18. The monoisotopic (exact) mass is 319 g/mol. The van der Waals surface area contributed by atoms with Crippen LogP contribution in [0.15, 0.2) is 65.7 Å². The lowest BCUT2D eigenvalue weighted by Gasteiger charge is -2.06. The molecule has 0 unspecified atom stereocenters. The Hall–Kier alpha value is -2.84. The fourth-order valence-electron chi connectivity index (χ4n) is 2.14. The first-order valence-corrected chi connectivity index (χ1v) is 8.02. The molecule has 0 radical (unpaired) electrons. The second kappa shape index (κ2) is 6.95. The number of fused-ring (bicyclic) bond motifs is 1. The van der Waals surface area contributed by atoms with Crippen LogP contribution in [0.25, 0.3) is 10.9 Å². The summed E-state index contributed by atoms with van der Waals surface area (Å²) in [4.78, 5) is 16.6. The zero-order chi connectivity index (χ0) is 16.1. The molecular formula is C18H13N3OS. The summed E-state index contributed by atoms with van der Waals surface area (Å²) in [5, 5.41) is 13.7. The Kier molecular flexibility index (Phi) is 4.55. The molecule has 1 amide bonds.